The van der Waals surface area contributed by atoms with E-state index in [1.165, 1.54) is 6.42 Å². The fourth-order valence-electron chi connectivity index (χ4n) is 2.69. The van der Waals surface area contributed by atoms with Gasteiger partial charge in [-0.05, 0) is 25.7 Å². The van der Waals surface area contributed by atoms with Crippen molar-refractivity contribution in [3.05, 3.63) is 11.8 Å². The summed E-state index contributed by atoms with van der Waals surface area (Å²) < 4.78 is 1.78. The zero-order valence-electron chi connectivity index (χ0n) is 10.8. The third-order valence-corrected chi connectivity index (χ3v) is 3.78. The van der Waals surface area contributed by atoms with Crippen LogP contribution in [0.3, 0.4) is 0 Å². The maximum absolute atomic E-state index is 10.2. The first kappa shape index (κ1) is 13.4. The normalized spacial score (nSPS) is 25.0. The molecule has 102 valence electrons. The van der Waals surface area contributed by atoms with Gasteiger partial charge in [-0.2, -0.15) is 5.10 Å². The van der Waals surface area contributed by atoms with Gasteiger partial charge >= 0.3 is 0 Å². The Morgan fingerprint density at radius 2 is 2.11 bits per heavy atom. The molecule has 1 aromatic rings. The molecule has 0 spiro atoms. The van der Waals surface area contributed by atoms with E-state index in [1.807, 2.05) is 0 Å². The number of anilines is 1. The molecule has 0 aromatic carbocycles. The Balaban J connectivity index is 2.13. The van der Waals surface area contributed by atoms with Gasteiger partial charge < -0.3 is 15.9 Å². The van der Waals surface area contributed by atoms with Crippen LogP contribution in [0.4, 0.5) is 5.82 Å². The molecule has 1 aliphatic carbocycles. The lowest BCUT2D eigenvalue weighted by molar-refractivity contribution is 0.100. The Morgan fingerprint density at radius 1 is 1.33 bits per heavy atom. The summed E-state index contributed by atoms with van der Waals surface area (Å²) in [7, 11) is 0. The quantitative estimate of drug-likeness (QED) is 0.705. The summed E-state index contributed by atoms with van der Waals surface area (Å²) in [6.07, 6.45) is 8.00. The number of hydrogen-bond acceptors (Lipinski definition) is 4. The van der Waals surface area contributed by atoms with Crippen LogP contribution in [0.1, 0.15) is 50.1 Å². The van der Waals surface area contributed by atoms with Gasteiger partial charge in [0, 0.05) is 12.2 Å². The van der Waals surface area contributed by atoms with Gasteiger partial charge in [0.1, 0.15) is 5.82 Å². The van der Waals surface area contributed by atoms with Crippen LogP contribution in [-0.4, -0.2) is 32.7 Å². The Morgan fingerprint density at radius 3 is 2.89 bits per heavy atom. The zero-order chi connectivity index (χ0) is 13.0. The Labute approximate surface area is 108 Å². The Bertz CT molecular complexity index is 378. The second-order valence-corrected chi connectivity index (χ2v) is 5.10. The van der Waals surface area contributed by atoms with Crippen LogP contribution >= 0.6 is 0 Å². The molecule has 0 saturated heterocycles. The molecule has 1 heterocycles. The molecule has 2 rings (SSSR count). The van der Waals surface area contributed by atoms with Crippen molar-refractivity contribution in [2.75, 3.05) is 12.3 Å². The molecular weight excluding hydrogens is 230 g/mol. The lowest BCUT2D eigenvalue weighted by Crippen LogP contribution is -2.25. The van der Waals surface area contributed by atoms with Gasteiger partial charge in [0.05, 0.1) is 18.3 Å². The molecule has 18 heavy (non-hydrogen) atoms. The van der Waals surface area contributed by atoms with Crippen LogP contribution < -0.4 is 5.73 Å². The van der Waals surface area contributed by atoms with Gasteiger partial charge in [-0.1, -0.05) is 19.3 Å². The van der Waals surface area contributed by atoms with Crippen molar-refractivity contribution in [2.24, 2.45) is 0 Å². The van der Waals surface area contributed by atoms with Crippen molar-refractivity contribution in [3.63, 3.8) is 0 Å². The van der Waals surface area contributed by atoms with Crippen LogP contribution in [0.5, 0.6) is 0 Å². The molecule has 1 fully saturated rings. The second-order valence-electron chi connectivity index (χ2n) is 5.10. The number of aromatic nitrogens is 2. The number of hydrogen-bond donors (Lipinski definition) is 3. The molecule has 5 nitrogen and oxygen atoms in total. The van der Waals surface area contributed by atoms with Gasteiger partial charge in [-0.3, -0.25) is 0 Å². The number of aliphatic hydroxyl groups excluding tert-OH is 2. The second kappa shape index (κ2) is 6.20. The van der Waals surface area contributed by atoms with Crippen LogP contribution in [0.25, 0.3) is 0 Å². The predicted molar refractivity (Wildman–Crippen MR) is 70.2 cm³/mol. The van der Waals surface area contributed by atoms with Crippen LogP contribution in [0.15, 0.2) is 6.20 Å². The van der Waals surface area contributed by atoms with Crippen LogP contribution in [0, 0.1) is 0 Å². The number of aryl methyl sites for hydroxylation is 1. The highest BCUT2D eigenvalue weighted by molar-refractivity contribution is 5.39. The van der Waals surface area contributed by atoms with Crippen molar-refractivity contribution in [1.29, 1.82) is 0 Å². The zero-order valence-corrected chi connectivity index (χ0v) is 10.8. The smallest absolute Gasteiger partial charge is 0.125 e. The van der Waals surface area contributed by atoms with E-state index in [2.05, 4.69) is 5.10 Å². The largest absolute Gasteiger partial charge is 0.396 e. The molecule has 4 N–H and O–H groups in total. The van der Waals surface area contributed by atoms with Crippen molar-refractivity contribution >= 4 is 5.82 Å². The maximum Gasteiger partial charge on any atom is 0.125 e. The summed E-state index contributed by atoms with van der Waals surface area (Å²) in [5.41, 5.74) is 7.07. The topological polar surface area (TPSA) is 84.3 Å². The van der Waals surface area contributed by atoms with E-state index in [0.717, 1.165) is 37.7 Å². The van der Waals surface area contributed by atoms with E-state index in [4.69, 9.17) is 10.8 Å². The highest BCUT2D eigenvalue weighted by atomic mass is 16.3. The summed E-state index contributed by atoms with van der Waals surface area (Å²) in [6, 6.07) is 0.00961. The van der Waals surface area contributed by atoms with Crippen molar-refractivity contribution in [3.8, 4) is 0 Å². The van der Waals surface area contributed by atoms with E-state index in [0.29, 0.717) is 12.2 Å². The Hall–Kier alpha value is -1.07. The van der Waals surface area contributed by atoms with E-state index < -0.39 is 0 Å². The highest BCUT2D eigenvalue weighted by Gasteiger charge is 2.25. The molecule has 5 heteroatoms. The molecule has 1 aliphatic rings. The molecule has 0 amide bonds. The first-order chi connectivity index (χ1) is 8.74. The summed E-state index contributed by atoms with van der Waals surface area (Å²) in [5, 5.41) is 23.3. The van der Waals surface area contributed by atoms with Crippen LogP contribution in [0.2, 0.25) is 0 Å². The highest BCUT2D eigenvalue weighted by Crippen LogP contribution is 2.30. The molecule has 2 atom stereocenters. The maximum atomic E-state index is 10.2. The summed E-state index contributed by atoms with van der Waals surface area (Å²) >= 11 is 0. The lowest BCUT2D eigenvalue weighted by atomic mass is 10.1. The number of nitrogen functional groups attached to an aromatic ring is 1. The van der Waals surface area contributed by atoms with Gasteiger partial charge in [-0.15, -0.1) is 0 Å². The molecule has 0 aliphatic heterocycles. The third-order valence-electron chi connectivity index (χ3n) is 3.78. The first-order valence-corrected chi connectivity index (χ1v) is 6.85. The molecule has 1 saturated carbocycles. The van der Waals surface area contributed by atoms with E-state index >= 15 is 0 Å². The predicted octanol–water partition coefficient (Wildman–Crippen LogP) is 1.26. The number of rotatable bonds is 4. The van der Waals surface area contributed by atoms with Crippen molar-refractivity contribution in [2.45, 2.75) is 57.1 Å². The summed E-state index contributed by atoms with van der Waals surface area (Å²) in [4.78, 5) is 0. The average molecular weight is 253 g/mol. The fourth-order valence-corrected chi connectivity index (χ4v) is 2.69. The Kier molecular flexibility index (Phi) is 4.60. The monoisotopic (exact) mass is 253 g/mol. The number of nitrogens with two attached hydrogens (primary N) is 1. The fraction of sp³-hybridized carbons (Fsp3) is 0.769. The molecule has 1 aromatic heterocycles. The SMILES string of the molecule is Nc1c(CCCO)cnn1C1CCCCCC1O. The summed E-state index contributed by atoms with van der Waals surface area (Å²) in [6.45, 7) is 0.163. The minimum Gasteiger partial charge on any atom is -0.396 e. The summed E-state index contributed by atoms with van der Waals surface area (Å²) in [5.74, 6) is 0.648. The van der Waals surface area contributed by atoms with Gasteiger partial charge in [0.25, 0.3) is 0 Å². The van der Waals surface area contributed by atoms with Gasteiger partial charge in [0.15, 0.2) is 0 Å². The minimum atomic E-state index is -0.347. The van der Waals surface area contributed by atoms with Gasteiger partial charge in [-0.25, -0.2) is 4.68 Å². The van der Waals surface area contributed by atoms with Crippen LogP contribution in [-0.2, 0) is 6.42 Å². The number of aliphatic hydroxyl groups is 2. The first-order valence-electron chi connectivity index (χ1n) is 6.85. The molecule has 0 bridgehead atoms. The lowest BCUT2D eigenvalue weighted by Gasteiger charge is -2.22. The molecule has 0 radical (unpaired) electrons. The van der Waals surface area contributed by atoms with Crippen molar-refractivity contribution < 1.29 is 10.2 Å². The average Bonchev–Trinajstić information content (AvgIpc) is 2.58. The number of nitrogens with zero attached hydrogens (tertiary/aromatic N) is 2. The molecular formula is C13H23N3O2. The molecule has 2 unspecified atom stereocenters. The third kappa shape index (κ3) is 2.84. The van der Waals surface area contributed by atoms with Gasteiger partial charge in [0.2, 0.25) is 0 Å². The van der Waals surface area contributed by atoms with Crippen molar-refractivity contribution in [1.82, 2.24) is 9.78 Å². The van der Waals surface area contributed by atoms with E-state index in [-0.39, 0.29) is 18.8 Å². The standard InChI is InChI=1S/C13H23N3O2/c14-13-10(5-4-8-17)9-15-16(13)11-6-2-1-3-7-12(11)18/h9,11-12,17-18H,1-8,14H2. The van der Waals surface area contributed by atoms with E-state index in [1.54, 1.807) is 10.9 Å². The minimum absolute atomic E-state index is 0.00961. The van der Waals surface area contributed by atoms with E-state index in [9.17, 15) is 5.11 Å².